The summed E-state index contributed by atoms with van der Waals surface area (Å²) in [7, 11) is 1.71. The maximum atomic E-state index is 6.07. The Morgan fingerprint density at radius 2 is 1.81 bits per heavy atom. The monoisotopic (exact) mass is 475 g/mol. The third-order valence-corrected chi connectivity index (χ3v) is 5.29. The van der Waals surface area contributed by atoms with E-state index in [0.717, 1.165) is 47.5 Å². The van der Waals surface area contributed by atoms with Gasteiger partial charge in [-0.1, -0.05) is 45.2 Å². The van der Waals surface area contributed by atoms with Crippen LogP contribution in [-0.2, 0) is 17.9 Å². The fourth-order valence-electron chi connectivity index (χ4n) is 2.45. The standard InChI is InChI=1S/C20H24BrCl2NO3/c1-3-26-19-10-15(12-24-7-4-8-25-2)16(21)11-20(19)27-13-14-5-6-17(22)18(23)9-14/h5-6,9-11,24H,3-4,7-8,12-13H2,1-2H3. The van der Waals surface area contributed by atoms with Gasteiger partial charge in [0, 0.05) is 24.7 Å². The number of methoxy groups -OCH3 is 1. The molecule has 0 atom stereocenters. The fourth-order valence-corrected chi connectivity index (χ4v) is 3.23. The minimum Gasteiger partial charge on any atom is -0.490 e. The summed E-state index contributed by atoms with van der Waals surface area (Å²) in [6.45, 7) is 5.26. The predicted octanol–water partition coefficient (Wildman–Crippen LogP) is 5.86. The molecular weight excluding hydrogens is 453 g/mol. The SMILES string of the molecule is CCOc1cc(CNCCCOC)c(Br)cc1OCc1ccc(Cl)c(Cl)c1. The van der Waals surface area contributed by atoms with E-state index in [1.165, 1.54) is 0 Å². The average molecular weight is 477 g/mol. The quantitative estimate of drug-likeness (QED) is 0.412. The first-order valence-corrected chi connectivity index (χ1v) is 10.3. The van der Waals surface area contributed by atoms with Gasteiger partial charge in [0.2, 0.25) is 0 Å². The highest BCUT2D eigenvalue weighted by atomic mass is 79.9. The Morgan fingerprint density at radius 1 is 1.04 bits per heavy atom. The van der Waals surface area contributed by atoms with Crippen LogP contribution in [-0.4, -0.2) is 26.9 Å². The van der Waals surface area contributed by atoms with Gasteiger partial charge in [-0.3, -0.25) is 0 Å². The smallest absolute Gasteiger partial charge is 0.162 e. The van der Waals surface area contributed by atoms with Crippen LogP contribution in [0.4, 0.5) is 0 Å². The summed E-state index contributed by atoms with van der Waals surface area (Å²) >= 11 is 15.7. The number of rotatable bonds is 11. The van der Waals surface area contributed by atoms with Gasteiger partial charge >= 0.3 is 0 Å². The number of hydrogen-bond donors (Lipinski definition) is 1. The van der Waals surface area contributed by atoms with Crippen LogP contribution >= 0.6 is 39.1 Å². The van der Waals surface area contributed by atoms with E-state index in [4.69, 9.17) is 37.4 Å². The van der Waals surface area contributed by atoms with Gasteiger partial charge in [0.25, 0.3) is 0 Å². The van der Waals surface area contributed by atoms with E-state index in [1.807, 2.05) is 25.1 Å². The second-order valence-corrected chi connectivity index (χ2v) is 7.55. The van der Waals surface area contributed by atoms with Gasteiger partial charge < -0.3 is 19.5 Å². The van der Waals surface area contributed by atoms with Crippen LogP contribution in [0.3, 0.4) is 0 Å². The van der Waals surface area contributed by atoms with Crippen molar-refractivity contribution in [2.45, 2.75) is 26.5 Å². The molecule has 0 aliphatic rings. The summed E-state index contributed by atoms with van der Waals surface area (Å²) in [5.41, 5.74) is 2.05. The molecule has 0 saturated heterocycles. The molecule has 0 saturated carbocycles. The lowest BCUT2D eigenvalue weighted by Gasteiger charge is -2.16. The summed E-state index contributed by atoms with van der Waals surface area (Å²) < 4.78 is 17.8. The number of benzene rings is 2. The normalized spacial score (nSPS) is 10.9. The number of ether oxygens (including phenoxy) is 3. The van der Waals surface area contributed by atoms with E-state index in [0.29, 0.717) is 29.0 Å². The topological polar surface area (TPSA) is 39.7 Å². The van der Waals surface area contributed by atoms with Crippen molar-refractivity contribution in [3.05, 3.63) is 56.0 Å². The minimum atomic E-state index is 0.373. The Balaban J connectivity index is 2.06. The average Bonchev–Trinajstić information content (AvgIpc) is 2.65. The highest BCUT2D eigenvalue weighted by Gasteiger charge is 2.12. The molecule has 7 heteroatoms. The highest BCUT2D eigenvalue weighted by molar-refractivity contribution is 9.10. The second kappa shape index (κ2) is 11.8. The van der Waals surface area contributed by atoms with E-state index in [9.17, 15) is 0 Å². The lowest BCUT2D eigenvalue weighted by molar-refractivity contribution is 0.194. The molecule has 0 fully saturated rings. The Hall–Kier alpha value is -0.980. The Kier molecular flexibility index (Phi) is 9.73. The molecule has 0 aromatic heterocycles. The Bertz CT molecular complexity index is 743. The van der Waals surface area contributed by atoms with Crippen LogP contribution < -0.4 is 14.8 Å². The number of hydrogen-bond acceptors (Lipinski definition) is 4. The highest BCUT2D eigenvalue weighted by Crippen LogP contribution is 2.34. The molecule has 0 bridgehead atoms. The molecule has 0 aliphatic heterocycles. The summed E-state index contributed by atoms with van der Waals surface area (Å²) in [6.07, 6.45) is 0.970. The molecule has 0 aliphatic carbocycles. The first kappa shape index (κ1) is 22.3. The van der Waals surface area contributed by atoms with Crippen LogP contribution in [0.25, 0.3) is 0 Å². The summed E-state index contributed by atoms with van der Waals surface area (Å²) in [5, 5.41) is 4.44. The molecule has 2 aromatic rings. The van der Waals surface area contributed by atoms with E-state index in [-0.39, 0.29) is 0 Å². The van der Waals surface area contributed by atoms with Crippen molar-refractivity contribution in [2.75, 3.05) is 26.9 Å². The van der Waals surface area contributed by atoms with Gasteiger partial charge in [0.05, 0.1) is 16.7 Å². The molecule has 27 heavy (non-hydrogen) atoms. The van der Waals surface area contributed by atoms with Crippen LogP contribution in [0, 0.1) is 0 Å². The molecule has 4 nitrogen and oxygen atoms in total. The second-order valence-electron chi connectivity index (χ2n) is 5.88. The first-order chi connectivity index (χ1) is 13.0. The third-order valence-electron chi connectivity index (χ3n) is 3.81. The molecule has 148 valence electrons. The van der Waals surface area contributed by atoms with Gasteiger partial charge in [-0.15, -0.1) is 0 Å². The van der Waals surface area contributed by atoms with Crippen molar-refractivity contribution < 1.29 is 14.2 Å². The van der Waals surface area contributed by atoms with Crippen LogP contribution in [0.1, 0.15) is 24.5 Å². The molecule has 0 radical (unpaired) electrons. The van der Waals surface area contributed by atoms with Crippen molar-refractivity contribution in [1.29, 1.82) is 0 Å². The van der Waals surface area contributed by atoms with Gasteiger partial charge in [0.15, 0.2) is 11.5 Å². The lowest BCUT2D eigenvalue weighted by atomic mass is 10.2. The number of halogens is 3. The van der Waals surface area contributed by atoms with E-state index in [1.54, 1.807) is 19.2 Å². The molecule has 0 spiro atoms. The molecule has 0 amide bonds. The summed E-state index contributed by atoms with van der Waals surface area (Å²) in [6, 6.07) is 9.40. The molecular formula is C20H24BrCl2NO3. The zero-order valence-electron chi connectivity index (χ0n) is 15.5. The maximum absolute atomic E-state index is 6.07. The number of nitrogens with one attached hydrogen (secondary N) is 1. The molecule has 1 N–H and O–H groups in total. The molecule has 0 heterocycles. The van der Waals surface area contributed by atoms with Crippen molar-refractivity contribution in [1.82, 2.24) is 5.32 Å². The van der Waals surface area contributed by atoms with Gasteiger partial charge in [0.1, 0.15) is 6.61 Å². The molecule has 2 aromatic carbocycles. The van der Waals surface area contributed by atoms with E-state index < -0.39 is 0 Å². The third kappa shape index (κ3) is 7.16. The van der Waals surface area contributed by atoms with Crippen molar-refractivity contribution in [2.24, 2.45) is 0 Å². The summed E-state index contributed by atoms with van der Waals surface area (Å²) in [5.74, 6) is 1.40. The van der Waals surface area contributed by atoms with Crippen LogP contribution in [0.15, 0.2) is 34.8 Å². The maximum Gasteiger partial charge on any atom is 0.162 e. The van der Waals surface area contributed by atoms with Crippen molar-refractivity contribution in [3.8, 4) is 11.5 Å². The Labute approximate surface area is 179 Å². The zero-order chi connectivity index (χ0) is 19.6. The van der Waals surface area contributed by atoms with Crippen LogP contribution in [0.5, 0.6) is 11.5 Å². The largest absolute Gasteiger partial charge is 0.490 e. The lowest BCUT2D eigenvalue weighted by Crippen LogP contribution is -2.16. The fraction of sp³-hybridized carbons (Fsp3) is 0.400. The zero-order valence-corrected chi connectivity index (χ0v) is 18.6. The molecule has 2 rings (SSSR count). The summed E-state index contributed by atoms with van der Waals surface area (Å²) in [4.78, 5) is 0. The van der Waals surface area contributed by atoms with E-state index in [2.05, 4.69) is 21.2 Å². The van der Waals surface area contributed by atoms with Crippen LogP contribution in [0.2, 0.25) is 10.0 Å². The van der Waals surface area contributed by atoms with Gasteiger partial charge in [-0.25, -0.2) is 0 Å². The van der Waals surface area contributed by atoms with Crippen molar-refractivity contribution >= 4 is 39.1 Å². The predicted molar refractivity (Wildman–Crippen MR) is 114 cm³/mol. The Morgan fingerprint density at radius 3 is 2.52 bits per heavy atom. The van der Waals surface area contributed by atoms with E-state index >= 15 is 0 Å². The van der Waals surface area contributed by atoms with Gasteiger partial charge in [-0.2, -0.15) is 0 Å². The minimum absolute atomic E-state index is 0.373. The van der Waals surface area contributed by atoms with Crippen molar-refractivity contribution in [3.63, 3.8) is 0 Å². The first-order valence-electron chi connectivity index (χ1n) is 8.76. The van der Waals surface area contributed by atoms with Gasteiger partial charge in [-0.05, 0) is 55.3 Å². The molecule has 0 unspecified atom stereocenters.